The maximum atomic E-state index is 11.2. The number of hydrogen-bond donors (Lipinski definition) is 2. The molecule has 8 heteroatoms. The lowest BCUT2D eigenvalue weighted by atomic mass is 10.1. The van der Waals surface area contributed by atoms with Gasteiger partial charge in [0.25, 0.3) is 10.1 Å². The smallest absolute Gasteiger partial charge is 0.297 e. The highest BCUT2D eigenvalue weighted by atomic mass is 32.2. The van der Waals surface area contributed by atoms with Gasteiger partial charge >= 0.3 is 0 Å². The van der Waals surface area contributed by atoms with Crippen LogP contribution in [0.4, 0.5) is 5.69 Å². The van der Waals surface area contributed by atoms with Crippen LogP contribution in [0.2, 0.25) is 0 Å². The van der Waals surface area contributed by atoms with E-state index in [1.54, 1.807) is 0 Å². The van der Waals surface area contributed by atoms with Crippen LogP contribution < -0.4 is 5.73 Å². The van der Waals surface area contributed by atoms with Crippen molar-refractivity contribution in [2.45, 2.75) is 9.79 Å². The SMILES string of the molecule is Nc1ccc2cc(S(=O)[O-])ccc2c1S(=O)(=O)O. The molecule has 0 fully saturated rings. The minimum absolute atomic E-state index is 0.0218. The quantitative estimate of drug-likeness (QED) is 0.481. The Labute approximate surface area is 105 Å². The molecule has 3 N–H and O–H groups in total. The molecule has 0 heterocycles. The average Bonchev–Trinajstić information content (AvgIpc) is 2.26. The summed E-state index contributed by atoms with van der Waals surface area (Å²) in [6.07, 6.45) is 0. The van der Waals surface area contributed by atoms with E-state index in [1.807, 2.05) is 0 Å². The van der Waals surface area contributed by atoms with Crippen LogP contribution in [0.1, 0.15) is 0 Å². The summed E-state index contributed by atoms with van der Waals surface area (Å²) in [7, 11) is -4.47. The summed E-state index contributed by atoms with van der Waals surface area (Å²) in [4.78, 5) is -0.392. The number of nitrogen functional groups attached to an aromatic ring is 1. The third kappa shape index (κ3) is 2.23. The Balaban J connectivity index is 2.88. The van der Waals surface area contributed by atoms with Crippen LogP contribution in [0.15, 0.2) is 40.1 Å². The Morgan fingerprint density at radius 2 is 1.89 bits per heavy atom. The molecule has 0 amide bonds. The maximum absolute atomic E-state index is 11.2. The van der Waals surface area contributed by atoms with Crippen molar-refractivity contribution in [2.75, 3.05) is 5.73 Å². The van der Waals surface area contributed by atoms with Crippen LogP contribution in [0.25, 0.3) is 10.8 Å². The van der Waals surface area contributed by atoms with Crippen molar-refractivity contribution in [2.24, 2.45) is 0 Å². The molecule has 18 heavy (non-hydrogen) atoms. The second-order valence-electron chi connectivity index (χ2n) is 3.58. The highest BCUT2D eigenvalue weighted by Crippen LogP contribution is 2.29. The predicted molar refractivity (Wildman–Crippen MR) is 65.4 cm³/mol. The van der Waals surface area contributed by atoms with Gasteiger partial charge in [0, 0.05) is 10.3 Å². The van der Waals surface area contributed by atoms with Gasteiger partial charge in [-0.15, -0.1) is 0 Å². The molecule has 0 spiro atoms. The van der Waals surface area contributed by atoms with Gasteiger partial charge in [0.1, 0.15) is 4.90 Å². The first-order valence-corrected chi connectivity index (χ1v) is 7.21. The van der Waals surface area contributed by atoms with Crippen LogP contribution in [0, 0.1) is 0 Å². The molecule has 0 saturated carbocycles. The van der Waals surface area contributed by atoms with Crippen molar-refractivity contribution in [1.29, 1.82) is 0 Å². The molecule has 0 saturated heterocycles. The van der Waals surface area contributed by atoms with Crippen LogP contribution >= 0.6 is 0 Å². The van der Waals surface area contributed by atoms with Gasteiger partial charge in [0.05, 0.1) is 5.69 Å². The molecule has 0 aromatic heterocycles. The lowest BCUT2D eigenvalue weighted by molar-refractivity contribution is 0.484. The van der Waals surface area contributed by atoms with Gasteiger partial charge in [-0.2, -0.15) is 8.42 Å². The van der Waals surface area contributed by atoms with Gasteiger partial charge < -0.3 is 10.3 Å². The molecule has 0 aliphatic heterocycles. The molecule has 96 valence electrons. The molecule has 2 rings (SSSR count). The first kappa shape index (κ1) is 13.0. The summed E-state index contributed by atoms with van der Waals surface area (Å²) < 4.78 is 53.2. The highest BCUT2D eigenvalue weighted by Gasteiger charge is 2.17. The first-order valence-electron chi connectivity index (χ1n) is 4.69. The van der Waals surface area contributed by atoms with Gasteiger partial charge in [-0.25, -0.2) is 0 Å². The summed E-state index contributed by atoms with van der Waals surface area (Å²) in [6, 6.07) is 6.60. The maximum Gasteiger partial charge on any atom is 0.297 e. The van der Waals surface area contributed by atoms with E-state index in [-0.39, 0.29) is 16.0 Å². The summed E-state index contributed by atoms with van der Waals surface area (Å²) in [5, 5.41) is 0.533. The second kappa shape index (κ2) is 4.32. The van der Waals surface area contributed by atoms with E-state index in [2.05, 4.69) is 0 Å². The molecule has 0 aliphatic rings. The zero-order valence-corrected chi connectivity index (χ0v) is 10.5. The monoisotopic (exact) mass is 286 g/mol. The zero-order chi connectivity index (χ0) is 13.5. The fraction of sp³-hybridized carbons (Fsp3) is 0. The van der Waals surface area contributed by atoms with Gasteiger partial charge in [0.15, 0.2) is 0 Å². The van der Waals surface area contributed by atoms with E-state index < -0.39 is 26.1 Å². The Hall–Kier alpha value is -1.48. The van der Waals surface area contributed by atoms with Gasteiger partial charge in [-0.3, -0.25) is 8.76 Å². The Bertz CT molecular complexity index is 754. The summed E-state index contributed by atoms with van der Waals surface area (Å²) in [5.74, 6) is 0. The summed E-state index contributed by atoms with van der Waals surface area (Å²) in [5.41, 5.74) is 5.41. The Kier molecular flexibility index (Phi) is 3.11. The fourth-order valence-corrected chi connectivity index (χ4v) is 2.92. The molecule has 1 atom stereocenters. The van der Waals surface area contributed by atoms with E-state index in [0.29, 0.717) is 5.39 Å². The van der Waals surface area contributed by atoms with Crippen LogP contribution in [-0.2, 0) is 21.2 Å². The Morgan fingerprint density at radius 1 is 1.22 bits per heavy atom. The second-order valence-corrected chi connectivity index (χ2v) is 5.88. The van der Waals surface area contributed by atoms with Gasteiger partial charge in [-0.05, 0) is 34.7 Å². The van der Waals surface area contributed by atoms with Crippen LogP contribution in [-0.4, -0.2) is 21.7 Å². The molecule has 0 aliphatic carbocycles. The van der Waals surface area contributed by atoms with Crippen molar-refractivity contribution in [1.82, 2.24) is 0 Å². The molecular weight excluding hydrogens is 278 g/mol. The number of anilines is 1. The minimum Gasteiger partial charge on any atom is -0.768 e. The predicted octanol–water partition coefficient (Wildman–Crippen LogP) is 0.907. The topological polar surface area (TPSA) is 121 Å². The van der Waals surface area contributed by atoms with Crippen LogP contribution in [0.5, 0.6) is 0 Å². The molecule has 0 bridgehead atoms. The minimum atomic E-state index is -4.47. The van der Waals surface area contributed by atoms with E-state index in [1.165, 1.54) is 30.3 Å². The van der Waals surface area contributed by atoms with Crippen molar-refractivity contribution in [3.8, 4) is 0 Å². The van der Waals surface area contributed by atoms with Gasteiger partial charge in [-0.1, -0.05) is 12.1 Å². The van der Waals surface area contributed by atoms with Crippen molar-refractivity contribution in [3.05, 3.63) is 30.3 Å². The Morgan fingerprint density at radius 3 is 2.44 bits per heavy atom. The molecule has 6 nitrogen and oxygen atoms in total. The zero-order valence-electron chi connectivity index (χ0n) is 8.86. The first-order chi connectivity index (χ1) is 8.30. The third-order valence-electron chi connectivity index (χ3n) is 2.42. The largest absolute Gasteiger partial charge is 0.768 e. The number of benzene rings is 2. The number of rotatable bonds is 2. The van der Waals surface area contributed by atoms with Crippen molar-refractivity contribution < 1.29 is 21.7 Å². The fourth-order valence-electron chi connectivity index (χ4n) is 1.69. The summed E-state index contributed by atoms with van der Waals surface area (Å²) >= 11 is -2.41. The molecule has 2 aromatic rings. The molecule has 0 radical (unpaired) electrons. The number of fused-ring (bicyclic) bond motifs is 1. The van der Waals surface area contributed by atoms with E-state index >= 15 is 0 Å². The normalized spacial score (nSPS) is 13.7. The average molecular weight is 286 g/mol. The lowest BCUT2D eigenvalue weighted by Crippen LogP contribution is -2.04. The highest BCUT2D eigenvalue weighted by molar-refractivity contribution is 7.86. The van der Waals surface area contributed by atoms with E-state index in [4.69, 9.17) is 10.3 Å². The third-order valence-corrected chi connectivity index (χ3v) is 4.03. The molecule has 2 aromatic carbocycles. The lowest BCUT2D eigenvalue weighted by Gasteiger charge is -2.10. The summed E-state index contributed by atoms with van der Waals surface area (Å²) in [6.45, 7) is 0. The van der Waals surface area contributed by atoms with E-state index in [9.17, 15) is 17.2 Å². The molecule has 1 unspecified atom stereocenters. The standard InChI is InChI=1S/C10H9NO5S2/c11-9-4-1-6-5-7(17(12)13)2-3-8(6)10(9)18(14,15)16/h1-5H,11H2,(H,12,13)(H,14,15,16)/p-1. The van der Waals surface area contributed by atoms with Crippen molar-refractivity contribution >= 4 is 37.7 Å². The van der Waals surface area contributed by atoms with E-state index in [0.717, 1.165) is 0 Å². The van der Waals surface area contributed by atoms with Gasteiger partial charge in [0.2, 0.25) is 0 Å². The number of hydrogen-bond acceptors (Lipinski definition) is 5. The van der Waals surface area contributed by atoms with Crippen molar-refractivity contribution in [3.63, 3.8) is 0 Å². The number of nitrogens with two attached hydrogens (primary N) is 1. The molecular formula is C10H8NO5S2-. The van der Waals surface area contributed by atoms with Crippen LogP contribution in [0.3, 0.4) is 0 Å².